The minimum absolute atomic E-state index is 0.0462. The van der Waals surface area contributed by atoms with E-state index in [0.717, 1.165) is 22.6 Å². The fourth-order valence-electron chi connectivity index (χ4n) is 3.54. The number of carboxylic acid groups (broad SMARTS) is 1. The molecule has 0 saturated heterocycles. The number of aliphatic carboxylic acids is 1. The molecule has 0 fully saturated rings. The predicted molar refractivity (Wildman–Crippen MR) is 131 cm³/mol. The van der Waals surface area contributed by atoms with Gasteiger partial charge in [0.05, 0.1) is 23.0 Å². The van der Waals surface area contributed by atoms with E-state index in [2.05, 4.69) is 5.32 Å². The summed E-state index contributed by atoms with van der Waals surface area (Å²) in [5.41, 5.74) is 1.39. The number of nitro benzene ring substituents is 1. The number of para-hydroxylation sites is 1. The predicted octanol–water partition coefficient (Wildman–Crippen LogP) is 5.28. The molecule has 1 heterocycles. The van der Waals surface area contributed by atoms with Crippen molar-refractivity contribution < 1.29 is 29.8 Å². The van der Waals surface area contributed by atoms with E-state index < -0.39 is 34.0 Å². The average molecular weight is 490 g/mol. The topological polar surface area (TPSA) is 150 Å². The molecular weight excluding hydrogens is 472 g/mol. The van der Waals surface area contributed by atoms with Gasteiger partial charge in [-0.05, 0) is 42.0 Å². The summed E-state index contributed by atoms with van der Waals surface area (Å²) in [6.45, 7) is 0. The molecule has 1 aromatic heterocycles. The fraction of sp³-hybridized carbons (Fsp3) is 0.0400. The van der Waals surface area contributed by atoms with E-state index >= 15 is 0 Å². The molecule has 176 valence electrons. The molecule has 0 aliphatic carbocycles. The molecule has 4 N–H and O–H groups in total. The highest BCUT2D eigenvalue weighted by Crippen LogP contribution is 2.39. The first-order valence-electron chi connectivity index (χ1n) is 10.2. The van der Waals surface area contributed by atoms with Crippen LogP contribution in [0.5, 0.6) is 11.5 Å². The summed E-state index contributed by atoms with van der Waals surface area (Å²) >= 11 is 1.32. The Morgan fingerprint density at radius 2 is 1.66 bits per heavy atom. The normalized spacial score (nSPS) is 10.6. The zero-order chi connectivity index (χ0) is 25.1. The Kier molecular flexibility index (Phi) is 6.47. The number of carbonyl (C=O) groups excluding carboxylic acids is 1. The van der Waals surface area contributed by atoms with E-state index in [0.29, 0.717) is 16.1 Å². The number of carbonyl (C=O) groups is 2. The summed E-state index contributed by atoms with van der Waals surface area (Å²) in [5.74, 6) is -2.53. The summed E-state index contributed by atoms with van der Waals surface area (Å²) in [5, 5.41) is 42.8. The van der Waals surface area contributed by atoms with Crippen LogP contribution in [-0.4, -0.2) is 32.1 Å². The van der Waals surface area contributed by atoms with Gasteiger partial charge >= 0.3 is 5.97 Å². The molecule has 35 heavy (non-hydrogen) atoms. The number of hydrogen-bond donors (Lipinski definition) is 4. The van der Waals surface area contributed by atoms with Crippen LogP contribution in [0.25, 0.3) is 21.6 Å². The SMILES string of the molecule is O=C(O)Cc1ccc(-c2ccccc2NC(=O)c2cccc(-c3cc(O)c(O)cc3[N+](=O)[O-])c2)s1. The van der Waals surface area contributed by atoms with Crippen LogP contribution >= 0.6 is 11.3 Å². The summed E-state index contributed by atoms with van der Waals surface area (Å²) in [7, 11) is 0. The van der Waals surface area contributed by atoms with Crippen molar-refractivity contribution in [3.8, 4) is 33.1 Å². The number of nitrogens with one attached hydrogen (secondary N) is 1. The van der Waals surface area contributed by atoms with Crippen LogP contribution in [0, 0.1) is 10.1 Å². The summed E-state index contributed by atoms with van der Waals surface area (Å²) in [4.78, 5) is 36.3. The fourth-order valence-corrected chi connectivity index (χ4v) is 4.58. The Bertz CT molecular complexity index is 1460. The number of anilines is 1. The molecule has 0 unspecified atom stereocenters. The van der Waals surface area contributed by atoms with Gasteiger partial charge in [-0.3, -0.25) is 19.7 Å². The van der Waals surface area contributed by atoms with Crippen molar-refractivity contribution in [3.63, 3.8) is 0 Å². The minimum atomic E-state index is -0.929. The third-order valence-corrected chi connectivity index (χ3v) is 6.27. The monoisotopic (exact) mass is 490 g/mol. The van der Waals surface area contributed by atoms with Crippen LogP contribution < -0.4 is 5.32 Å². The number of benzene rings is 3. The zero-order valence-electron chi connectivity index (χ0n) is 18.0. The van der Waals surface area contributed by atoms with Gasteiger partial charge in [-0.2, -0.15) is 0 Å². The van der Waals surface area contributed by atoms with Gasteiger partial charge in [0.1, 0.15) is 0 Å². The second kappa shape index (κ2) is 9.65. The maximum atomic E-state index is 13.1. The number of nitrogens with zero attached hydrogens (tertiary/aromatic N) is 1. The van der Waals surface area contributed by atoms with Crippen LogP contribution in [0.3, 0.4) is 0 Å². The van der Waals surface area contributed by atoms with Crippen LogP contribution in [0.4, 0.5) is 11.4 Å². The molecule has 0 spiro atoms. The quantitative estimate of drug-likeness (QED) is 0.156. The Morgan fingerprint density at radius 1 is 0.914 bits per heavy atom. The number of thiophene rings is 1. The van der Waals surface area contributed by atoms with Crippen molar-refractivity contribution in [2.75, 3.05) is 5.32 Å². The molecule has 0 radical (unpaired) electrons. The van der Waals surface area contributed by atoms with E-state index in [4.69, 9.17) is 5.11 Å². The van der Waals surface area contributed by atoms with Crippen LogP contribution in [0.1, 0.15) is 15.2 Å². The number of hydrogen-bond acceptors (Lipinski definition) is 7. The van der Waals surface area contributed by atoms with Gasteiger partial charge in [0.2, 0.25) is 0 Å². The molecule has 4 rings (SSSR count). The van der Waals surface area contributed by atoms with E-state index in [-0.39, 0.29) is 17.5 Å². The summed E-state index contributed by atoms with van der Waals surface area (Å²) < 4.78 is 0. The van der Waals surface area contributed by atoms with Crippen LogP contribution in [0.2, 0.25) is 0 Å². The van der Waals surface area contributed by atoms with E-state index in [9.17, 15) is 29.9 Å². The average Bonchev–Trinajstić information content (AvgIpc) is 3.28. The lowest BCUT2D eigenvalue weighted by molar-refractivity contribution is -0.384. The van der Waals surface area contributed by atoms with Crippen molar-refractivity contribution in [3.05, 3.63) is 93.4 Å². The number of amides is 1. The maximum absolute atomic E-state index is 13.1. The first-order chi connectivity index (χ1) is 16.7. The Balaban J connectivity index is 1.65. The first kappa shape index (κ1) is 23.5. The lowest BCUT2D eigenvalue weighted by atomic mass is 10.00. The Hall–Kier alpha value is -4.70. The molecular formula is C25H18N2O7S. The number of rotatable bonds is 7. The van der Waals surface area contributed by atoms with Crippen molar-refractivity contribution in [1.29, 1.82) is 0 Å². The first-order valence-corrected chi connectivity index (χ1v) is 11.1. The van der Waals surface area contributed by atoms with Crippen LogP contribution in [-0.2, 0) is 11.2 Å². The molecule has 3 aromatic carbocycles. The summed E-state index contributed by atoms with van der Waals surface area (Å²) in [6.07, 6.45) is -0.0923. The van der Waals surface area contributed by atoms with E-state index in [1.807, 2.05) is 6.07 Å². The van der Waals surface area contributed by atoms with Gasteiger partial charge in [0.25, 0.3) is 11.6 Å². The largest absolute Gasteiger partial charge is 0.504 e. The number of carboxylic acids is 1. The standard InChI is InChI=1S/C25H18N2O7S/c28-21-12-18(20(27(33)34)13-22(21)29)14-4-3-5-15(10-14)25(32)26-19-7-2-1-6-17(19)23-9-8-16(35-23)11-24(30)31/h1-10,12-13,28-29H,11H2,(H,26,32)(H,30,31). The van der Waals surface area contributed by atoms with Crippen molar-refractivity contribution >= 4 is 34.6 Å². The van der Waals surface area contributed by atoms with E-state index in [1.165, 1.54) is 17.4 Å². The molecule has 0 aliphatic rings. The Morgan fingerprint density at radius 3 is 2.40 bits per heavy atom. The third-order valence-electron chi connectivity index (χ3n) is 5.15. The molecule has 10 heteroatoms. The summed E-state index contributed by atoms with van der Waals surface area (Å²) in [6, 6.07) is 18.7. The molecule has 9 nitrogen and oxygen atoms in total. The molecule has 0 atom stereocenters. The number of phenolic OH excluding ortho intramolecular Hbond substituents is 2. The molecule has 0 saturated carbocycles. The van der Waals surface area contributed by atoms with Crippen molar-refractivity contribution in [1.82, 2.24) is 0 Å². The highest BCUT2D eigenvalue weighted by Gasteiger charge is 2.20. The highest BCUT2D eigenvalue weighted by molar-refractivity contribution is 7.15. The molecule has 1 amide bonds. The molecule has 0 aliphatic heterocycles. The smallest absolute Gasteiger partial charge is 0.308 e. The van der Waals surface area contributed by atoms with Crippen molar-refractivity contribution in [2.45, 2.75) is 6.42 Å². The lowest BCUT2D eigenvalue weighted by Crippen LogP contribution is -2.12. The zero-order valence-corrected chi connectivity index (χ0v) is 18.8. The van der Waals surface area contributed by atoms with E-state index in [1.54, 1.807) is 48.5 Å². The van der Waals surface area contributed by atoms with Crippen molar-refractivity contribution in [2.24, 2.45) is 0 Å². The van der Waals surface area contributed by atoms with Gasteiger partial charge in [0.15, 0.2) is 11.5 Å². The highest BCUT2D eigenvalue weighted by atomic mass is 32.1. The third kappa shape index (κ3) is 5.12. The van der Waals surface area contributed by atoms with Gasteiger partial charge in [-0.25, -0.2) is 0 Å². The van der Waals surface area contributed by atoms with Gasteiger partial charge in [0, 0.05) is 26.6 Å². The Labute approximate surface area is 202 Å². The molecule has 4 aromatic rings. The van der Waals surface area contributed by atoms with Gasteiger partial charge in [-0.15, -0.1) is 11.3 Å². The van der Waals surface area contributed by atoms with Gasteiger partial charge in [-0.1, -0.05) is 30.3 Å². The second-order valence-corrected chi connectivity index (χ2v) is 8.70. The molecule has 0 bridgehead atoms. The number of aromatic hydroxyl groups is 2. The maximum Gasteiger partial charge on any atom is 0.308 e. The number of phenols is 2. The number of nitro groups is 1. The lowest BCUT2D eigenvalue weighted by Gasteiger charge is -2.11. The van der Waals surface area contributed by atoms with Crippen LogP contribution in [0.15, 0.2) is 72.8 Å². The minimum Gasteiger partial charge on any atom is -0.504 e. The van der Waals surface area contributed by atoms with Gasteiger partial charge < -0.3 is 20.6 Å². The second-order valence-electron chi connectivity index (χ2n) is 7.53.